The lowest BCUT2D eigenvalue weighted by Gasteiger charge is -2.23. The quantitative estimate of drug-likeness (QED) is 0.707. The molecule has 1 aromatic rings. The van der Waals surface area contributed by atoms with E-state index in [1.165, 1.54) is 12.8 Å². The Morgan fingerprint density at radius 1 is 1.38 bits per heavy atom. The molecule has 0 fully saturated rings. The maximum atomic E-state index is 11.2. The maximum absolute atomic E-state index is 11.2. The predicted octanol–water partition coefficient (Wildman–Crippen LogP) is 4.18. The molecule has 0 aliphatic carbocycles. The molecule has 0 saturated heterocycles. The summed E-state index contributed by atoms with van der Waals surface area (Å²) in [6.07, 6.45) is 4.98. The molecule has 1 heterocycles. The average molecular weight is 289 g/mol. The van der Waals surface area contributed by atoms with Crippen LogP contribution in [0.5, 0.6) is 0 Å². The van der Waals surface area contributed by atoms with E-state index in [1.54, 1.807) is 0 Å². The molecule has 1 aliphatic rings. The number of rotatable bonds is 7. The van der Waals surface area contributed by atoms with Gasteiger partial charge in [0.25, 0.3) is 0 Å². The molecule has 2 unspecified atom stereocenters. The van der Waals surface area contributed by atoms with E-state index in [4.69, 9.17) is 9.47 Å². The molecular formula is C17H23NO3. The number of carbonyl (C=O) groups is 1. The number of benzene rings is 1. The van der Waals surface area contributed by atoms with Crippen LogP contribution in [0.25, 0.3) is 0 Å². The van der Waals surface area contributed by atoms with E-state index in [9.17, 15) is 4.79 Å². The van der Waals surface area contributed by atoms with Crippen LogP contribution >= 0.6 is 0 Å². The molecule has 0 radical (unpaired) electrons. The van der Waals surface area contributed by atoms with Gasteiger partial charge in [0.1, 0.15) is 0 Å². The van der Waals surface area contributed by atoms with Gasteiger partial charge in [0, 0.05) is 5.56 Å². The highest BCUT2D eigenvalue weighted by atomic mass is 16.7. The Hall–Kier alpha value is -1.84. The third kappa shape index (κ3) is 4.06. The Bertz CT molecular complexity index is 499. The number of unbranched alkanes of at least 4 members (excludes halogenated alkanes) is 1. The zero-order valence-corrected chi connectivity index (χ0v) is 12.7. The first kappa shape index (κ1) is 15.5. The molecule has 0 N–H and O–H groups in total. The minimum absolute atomic E-state index is 0.209. The molecule has 2 atom stereocenters. The highest BCUT2D eigenvalue weighted by Crippen LogP contribution is 2.31. The van der Waals surface area contributed by atoms with Crippen LogP contribution in [-0.4, -0.2) is 19.0 Å². The zero-order chi connectivity index (χ0) is 15.1. The van der Waals surface area contributed by atoms with Crippen LogP contribution in [0.3, 0.4) is 0 Å². The maximum Gasteiger partial charge on any atom is 0.389 e. The third-order valence-corrected chi connectivity index (χ3v) is 3.79. The van der Waals surface area contributed by atoms with Gasteiger partial charge < -0.3 is 9.47 Å². The van der Waals surface area contributed by atoms with E-state index < -0.39 is 6.10 Å². The summed E-state index contributed by atoms with van der Waals surface area (Å²) in [6.45, 7) is 4.94. The smallest absolute Gasteiger partial charge is 0.389 e. The summed E-state index contributed by atoms with van der Waals surface area (Å²) in [6, 6.07) is 7.48. The SMILES string of the molecule is CCCCC(CC)COC1=Nc2ccccc2C(C=O)O1. The van der Waals surface area contributed by atoms with Crippen molar-refractivity contribution in [3.63, 3.8) is 0 Å². The van der Waals surface area contributed by atoms with Gasteiger partial charge in [-0.1, -0.05) is 51.3 Å². The summed E-state index contributed by atoms with van der Waals surface area (Å²) in [5, 5.41) is 0. The zero-order valence-electron chi connectivity index (χ0n) is 12.7. The fourth-order valence-corrected chi connectivity index (χ4v) is 2.38. The number of para-hydroxylation sites is 1. The van der Waals surface area contributed by atoms with Crippen LogP contribution < -0.4 is 0 Å². The topological polar surface area (TPSA) is 47.9 Å². The fourth-order valence-electron chi connectivity index (χ4n) is 2.38. The summed E-state index contributed by atoms with van der Waals surface area (Å²) >= 11 is 0. The summed E-state index contributed by atoms with van der Waals surface area (Å²) in [4.78, 5) is 15.5. The van der Waals surface area contributed by atoms with Crippen molar-refractivity contribution >= 4 is 18.1 Å². The van der Waals surface area contributed by atoms with Gasteiger partial charge in [-0.15, -0.1) is 0 Å². The first-order chi connectivity index (χ1) is 10.3. The van der Waals surface area contributed by atoms with E-state index in [2.05, 4.69) is 18.8 Å². The molecule has 0 saturated carbocycles. The number of carbonyl (C=O) groups excluding carboxylic acids is 1. The number of nitrogens with zero attached hydrogens (tertiary/aromatic N) is 1. The highest BCUT2D eigenvalue weighted by molar-refractivity contribution is 5.80. The summed E-state index contributed by atoms with van der Waals surface area (Å²) in [5.74, 6) is 0.503. The molecular weight excluding hydrogens is 266 g/mol. The number of ether oxygens (including phenoxy) is 2. The molecule has 114 valence electrons. The molecule has 4 heteroatoms. The van der Waals surface area contributed by atoms with E-state index in [1.807, 2.05) is 24.3 Å². The van der Waals surface area contributed by atoms with Crippen LogP contribution in [0.4, 0.5) is 5.69 Å². The van der Waals surface area contributed by atoms with Crippen molar-refractivity contribution in [3.8, 4) is 0 Å². The van der Waals surface area contributed by atoms with Crippen molar-refractivity contribution in [2.45, 2.75) is 45.6 Å². The average Bonchev–Trinajstić information content (AvgIpc) is 2.54. The van der Waals surface area contributed by atoms with Gasteiger partial charge in [-0.25, -0.2) is 0 Å². The van der Waals surface area contributed by atoms with Crippen molar-refractivity contribution in [2.24, 2.45) is 10.9 Å². The fraction of sp³-hybridized carbons (Fsp3) is 0.529. The minimum Gasteiger partial charge on any atom is -0.450 e. The third-order valence-electron chi connectivity index (χ3n) is 3.79. The van der Waals surface area contributed by atoms with Gasteiger partial charge in [-0.2, -0.15) is 4.99 Å². The van der Waals surface area contributed by atoms with Crippen molar-refractivity contribution < 1.29 is 14.3 Å². The van der Waals surface area contributed by atoms with Crippen LogP contribution in [0.2, 0.25) is 0 Å². The van der Waals surface area contributed by atoms with Gasteiger partial charge >= 0.3 is 6.08 Å². The first-order valence-corrected chi connectivity index (χ1v) is 7.70. The summed E-state index contributed by atoms with van der Waals surface area (Å²) in [7, 11) is 0. The number of fused-ring (bicyclic) bond motifs is 1. The highest BCUT2D eigenvalue weighted by Gasteiger charge is 2.24. The minimum atomic E-state index is -0.621. The van der Waals surface area contributed by atoms with Crippen LogP contribution in [0.15, 0.2) is 29.3 Å². The Morgan fingerprint density at radius 3 is 2.90 bits per heavy atom. The second-order valence-electron chi connectivity index (χ2n) is 5.34. The van der Waals surface area contributed by atoms with Gasteiger partial charge in [0.05, 0.1) is 12.3 Å². The van der Waals surface area contributed by atoms with Crippen LogP contribution in [0, 0.1) is 5.92 Å². The van der Waals surface area contributed by atoms with E-state index >= 15 is 0 Å². The van der Waals surface area contributed by atoms with Crippen molar-refractivity contribution in [1.82, 2.24) is 0 Å². The molecule has 21 heavy (non-hydrogen) atoms. The lowest BCUT2D eigenvalue weighted by atomic mass is 10.0. The monoisotopic (exact) mass is 289 g/mol. The number of aliphatic imine (C=N–C) groups is 1. The molecule has 1 aliphatic heterocycles. The van der Waals surface area contributed by atoms with Gasteiger partial charge in [0.15, 0.2) is 12.4 Å². The Morgan fingerprint density at radius 2 is 2.19 bits per heavy atom. The molecule has 0 spiro atoms. The van der Waals surface area contributed by atoms with Crippen molar-refractivity contribution in [3.05, 3.63) is 29.8 Å². The van der Waals surface area contributed by atoms with Crippen LogP contribution in [-0.2, 0) is 14.3 Å². The molecule has 2 rings (SSSR count). The molecule has 4 nitrogen and oxygen atoms in total. The Balaban J connectivity index is 2.01. The van der Waals surface area contributed by atoms with Crippen molar-refractivity contribution in [2.75, 3.05) is 6.61 Å². The van der Waals surface area contributed by atoms with Gasteiger partial charge in [-0.05, 0) is 18.4 Å². The van der Waals surface area contributed by atoms with E-state index in [0.717, 1.165) is 30.4 Å². The lowest BCUT2D eigenvalue weighted by Crippen LogP contribution is -2.22. The Kier molecular flexibility index (Phi) is 5.78. The molecule has 0 amide bonds. The second kappa shape index (κ2) is 7.81. The number of hydrogen-bond acceptors (Lipinski definition) is 4. The van der Waals surface area contributed by atoms with Crippen LogP contribution in [0.1, 0.15) is 51.2 Å². The number of aldehydes is 1. The van der Waals surface area contributed by atoms with Crippen molar-refractivity contribution in [1.29, 1.82) is 0 Å². The molecule has 1 aromatic carbocycles. The summed E-state index contributed by atoms with van der Waals surface area (Å²) < 4.78 is 11.2. The van der Waals surface area contributed by atoms with E-state index in [-0.39, 0.29) is 6.08 Å². The molecule has 0 bridgehead atoms. The van der Waals surface area contributed by atoms with E-state index in [0.29, 0.717) is 12.5 Å². The number of hydrogen-bond donors (Lipinski definition) is 0. The molecule has 0 aromatic heterocycles. The normalized spacial score (nSPS) is 18.2. The first-order valence-electron chi connectivity index (χ1n) is 7.70. The standard InChI is InChI=1S/C17H23NO3/c1-3-5-8-13(4-2)12-20-17-18-15-10-7-6-9-14(15)16(11-19)21-17/h6-7,9-11,13,16H,3-5,8,12H2,1-2H3. The van der Waals surface area contributed by atoms with Gasteiger partial charge in [0.2, 0.25) is 0 Å². The Labute approximate surface area is 126 Å². The predicted molar refractivity (Wildman–Crippen MR) is 82.7 cm³/mol. The largest absolute Gasteiger partial charge is 0.450 e. The van der Waals surface area contributed by atoms with Gasteiger partial charge in [-0.3, -0.25) is 4.79 Å². The second-order valence-corrected chi connectivity index (χ2v) is 5.34. The summed E-state index contributed by atoms with van der Waals surface area (Å²) in [5.41, 5.74) is 1.54. The lowest BCUT2D eigenvalue weighted by molar-refractivity contribution is -0.115.